The number of hydrogen-bond acceptors (Lipinski definition) is 5. The van der Waals surface area contributed by atoms with Crippen molar-refractivity contribution >= 4 is 17.7 Å². The minimum absolute atomic E-state index is 0.0731. The van der Waals surface area contributed by atoms with Gasteiger partial charge < -0.3 is 5.32 Å². The topological polar surface area (TPSA) is 72.7 Å². The number of thioether (sulfide) groups is 1. The summed E-state index contributed by atoms with van der Waals surface area (Å²) in [6, 6.07) is 0.298. The van der Waals surface area contributed by atoms with Crippen molar-refractivity contribution in [2.75, 3.05) is 0 Å². The van der Waals surface area contributed by atoms with Gasteiger partial charge in [0.2, 0.25) is 11.1 Å². The van der Waals surface area contributed by atoms with E-state index in [-0.39, 0.29) is 11.2 Å². The number of aryl methyl sites for hydroxylation is 1. The summed E-state index contributed by atoms with van der Waals surface area (Å²) in [6.45, 7) is 6.40. The van der Waals surface area contributed by atoms with Crippen LogP contribution in [0.2, 0.25) is 0 Å². The molecular formula is C13H23N5OS. The highest BCUT2D eigenvalue weighted by molar-refractivity contribution is 8.00. The van der Waals surface area contributed by atoms with Crippen molar-refractivity contribution in [1.29, 1.82) is 0 Å². The molecule has 112 valence electrons. The van der Waals surface area contributed by atoms with Crippen molar-refractivity contribution in [3.8, 4) is 0 Å². The first-order valence-electron chi connectivity index (χ1n) is 7.18. The van der Waals surface area contributed by atoms with Crippen molar-refractivity contribution in [2.24, 2.45) is 18.9 Å². The predicted octanol–water partition coefficient (Wildman–Crippen LogP) is 1.63. The number of amides is 1. The zero-order valence-electron chi connectivity index (χ0n) is 12.5. The van der Waals surface area contributed by atoms with E-state index in [1.165, 1.54) is 24.6 Å². The Morgan fingerprint density at radius 3 is 2.85 bits per heavy atom. The van der Waals surface area contributed by atoms with Crippen LogP contribution in [-0.4, -0.2) is 37.4 Å². The lowest BCUT2D eigenvalue weighted by atomic mass is 9.78. The van der Waals surface area contributed by atoms with Gasteiger partial charge in [-0.25, -0.2) is 4.68 Å². The molecule has 1 aromatic heterocycles. The van der Waals surface area contributed by atoms with Crippen LogP contribution in [-0.2, 0) is 11.8 Å². The van der Waals surface area contributed by atoms with E-state index in [1.807, 2.05) is 6.92 Å². The molecular weight excluding hydrogens is 274 g/mol. The standard InChI is InChI=1S/C13H23N5OS/c1-8-6-5-7-11(9(8)2)14-12(19)10(3)20-13-15-16-17-18(13)4/h8-11H,5-7H2,1-4H3,(H,14,19)/t8-,9+,10+,11-/m0/s1. The molecule has 1 N–H and O–H groups in total. The second-order valence-corrected chi connectivity index (χ2v) is 7.04. The molecule has 0 aliphatic heterocycles. The van der Waals surface area contributed by atoms with Gasteiger partial charge in [-0.1, -0.05) is 38.5 Å². The van der Waals surface area contributed by atoms with Gasteiger partial charge in [0.05, 0.1) is 5.25 Å². The van der Waals surface area contributed by atoms with Crippen LogP contribution in [0.4, 0.5) is 0 Å². The zero-order chi connectivity index (χ0) is 14.7. The Hall–Kier alpha value is -1.11. The molecule has 1 aromatic rings. The molecule has 20 heavy (non-hydrogen) atoms. The van der Waals surface area contributed by atoms with Crippen LogP contribution in [0.25, 0.3) is 0 Å². The molecule has 6 nitrogen and oxygen atoms in total. The highest BCUT2D eigenvalue weighted by Gasteiger charge is 2.29. The van der Waals surface area contributed by atoms with E-state index in [0.29, 0.717) is 23.0 Å². The molecule has 0 bridgehead atoms. The van der Waals surface area contributed by atoms with Gasteiger partial charge in [0, 0.05) is 13.1 Å². The molecule has 0 unspecified atom stereocenters. The lowest BCUT2D eigenvalue weighted by Gasteiger charge is -2.35. The summed E-state index contributed by atoms with van der Waals surface area (Å²) < 4.78 is 1.58. The monoisotopic (exact) mass is 297 g/mol. The molecule has 1 fully saturated rings. The van der Waals surface area contributed by atoms with Crippen LogP contribution >= 0.6 is 11.8 Å². The van der Waals surface area contributed by atoms with E-state index < -0.39 is 0 Å². The minimum atomic E-state index is -0.191. The fourth-order valence-corrected chi connectivity index (χ4v) is 3.38. The highest BCUT2D eigenvalue weighted by atomic mass is 32.2. The van der Waals surface area contributed by atoms with E-state index >= 15 is 0 Å². The van der Waals surface area contributed by atoms with Crippen LogP contribution in [0.5, 0.6) is 0 Å². The number of aromatic nitrogens is 4. The van der Waals surface area contributed by atoms with Crippen LogP contribution < -0.4 is 5.32 Å². The summed E-state index contributed by atoms with van der Waals surface area (Å²) >= 11 is 1.39. The summed E-state index contributed by atoms with van der Waals surface area (Å²) in [5.41, 5.74) is 0. The third kappa shape index (κ3) is 3.50. The average Bonchev–Trinajstić information content (AvgIpc) is 2.80. The van der Waals surface area contributed by atoms with E-state index in [4.69, 9.17) is 0 Å². The first kappa shape index (κ1) is 15.3. The number of carbonyl (C=O) groups excluding carboxylic acids is 1. The van der Waals surface area contributed by atoms with Crippen molar-refractivity contribution < 1.29 is 4.79 Å². The van der Waals surface area contributed by atoms with Gasteiger partial charge in [0.15, 0.2) is 0 Å². The Kier molecular flexibility index (Phi) is 5.01. The lowest BCUT2D eigenvalue weighted by molar-refractivity contribution is -0.121. The summed E-state index contributed by atoms with van der Waals surface area (Å²) in [5, 5.41) is 14.9. The summed E-state index contributed by atoms with van der Waals surface area (Å²) in [6.07, 6.45) is 3.55. The minimum Gasteiger partial charge on any atom is -0.352 e. The Morgan fingerprint density at radius 2 is 2.20 bits per heavy atom. The maximum atomic E-state index is 12.3. The van der Waals surface area contributed by atoms with Gasteiger partial charge in [-0.3, -0.25) is 4.79 Å². The molecule has 2 rings (SSSR count). The van der Waals surface area contributed by atoms with Gasteiger partial charge in [-0.05, 0) is 35.6 Å². The summed E-state index contributed by atoms with van der Waals surface area (Å²) in [7, 11) is 1.78. The third-order valence-corrected chi connectivity index (χ3v) is 5.39. The Bertz CT molecular complexity index is 463. The molecule has 1 amide bonds. The molecule has 0 saturated heterocycles. The van der Waals surface area contributed by atoms with E-state index in [1.54, 1.807) is 11.7 Å². The maximum Gasteiger partial charge on any atom is 0.233 e. The fraction of sp³-hybridized carbons (Fsp3) is 0.846. The van der Waals surface area contributed by atoms with Crippen molar-refractivity contribution in [2.45, 2.75) is 56.5 Å². The number of rotatable bonds is 4. The number of carbonyl (C=O) groups is 1. The van der Waals surface area contributed by atoms with Gasteiger partial charge in [0.25, 0.3) is 0 Å². The van der Waals surface area contributed by atoms with Crippen molar-refractivity contribution in [3.05, 3.63) is 0 Å². The molecule has 1 saturated carbocycles. The second kappa shape index (κ2) is 6.56. The molecule has 1 aliphatic rings. The largest absolute Gasteiger partial charge is 0.352 e. The number of hydrogen-bond donors (Lipinski definition) is 1. The summed E-state index contributed by atoms with van der Waals surface area (Å²) in [4.78, 5) is 12.3. The van der Waals surface area contributed by atoms with Gasteiger partial charge in [-0.15, -0.1) is 5.10 Å². The van der Waals surface area contributed by atoms with Crippen LogP contribution in [0.3, 0.4) is 0 Å². The second-order valence-electron chi connectivity index (χ2n) is 5.73. The Morgan fingerprint density at radius 1 is 1.45 bits per heavy atom. The first-order valence-corrected chi connectivity index (χ1v) is 8.06. The lowest BCUT2D eigenvalue weighted by Crippen LogP contribution is -2.46. The number of nitrogens with zero attached hydrogens (tertiary/aromatic N) is 4. The Balaban J connectivity index is 1.89. The SMILES string of the molecule is C[C@H]1[C@@H](NC(=O)[C@@H](C)Sc2nnnn2C)CCC[C@@H]1C. The molecule has 0 spiro atoms. The van der Waals surface area contributed by atoms with E-state index in [9.17, 15) is 4.79 Å². The number of tetrazole rings is 1. The zero-order valence-corrected chi connectivity index (χ0v) is 13.4. The van der Waals surface area contributed by atoms with Crippen LogP contribution in [0.1, 0.15) is 40.0 Å². The molecule has 0 aromatic carbocycles. The molecule has 7 heteroatoms. The smallest absolute Gasteiger partial charge is 0.233 e. The fourth-order valence-electron chi connectivity index (χ4n) is 2.62. The Labute approximate surface area is 124 Å². The number of nitrogens with one attached hydrogen (secondary N) is 1. The average molecular weight is 297 g/mol. The van der Waals surface area contributed by atoms with Crippen LogP contribution in [0.15, 0.2) is 5.16 Å². The van der Waals surface area contributed by atoms with Gasteiger partial charge in [0.1, 0.15) is 0 Å². The third-order valence-electron chi connectivity index (χ3n) is 4.27. The molecule has 4 atom stereocenters. The van der Waals surface area contributed by atoms with Crippen LogP contribution in [0, 0.1) is 11.8 Å². The predicted molar refractivity (Wildman–Crippen MR) is 78.2 cm³/mol. The molecule has 1 aliphatic carbocycles. The van der Waals surface area contributed by atoms with Crippen molar-refractivity contribution in [3.63, 3.8) is 0 Å². The normalized spacial score (nSPS) is 28.1. The van der Waals surface area contributed by atoms with Gasteiger partial charge >= 0.3 is 0 Å². The summed E-state index contributed by atoms with van der Waals surface area (Å²) in [5.74, 6) is 1.30. The molecule has 1 heterocycles. The van der Waals surface area contributed by atoms with Crippen molar-refractivity contribution in [1.82, 2.24) is 25.5 Å². The van der Waals surface area contributed by atoms with E-state index in [0.717, 1.165) is 6.42 Å². The van der Waals surface area contributed by atoms with E-state index in [2.05, 4.69) is 34.7 Å². The maximum absolute atomic E-state index is 12.3. The first-order chi connectivity index (χ1) is 9.49. The molecule has 0 radical (unpaired) electrons. The quantitative estimate of drug-likeness (QED) is 0.855. The highest BCUT2D eigenvalue weighted by Crippen LogP contribution is 2.30. The van der Waals surface area contributed by atoms with Gasteiger partial charge in [-0.2, -0.15) is 0 Å².